The fourth-order valence-electron chi connectivity index (χ4n) is 3.25. The Balaban J connectivity index is 0.00000182. The standard InChI is InChI=1S/C20H25N3O2.2ClH/c1-14-9-18(20(24)23-8-7-22-11-16(23)3)10-15(2)19(14)25-13-17-5-4-6-21-12-17;;/h4-6,9-10,12,16,22H,7-8,11,13H2,1-3H3;2*1H/t16-;;/m1../s1. The Bertz CT molecular complexity index is 733. The Kier molecular flexibility index (Phi) is 9.03. The summed E-state index contributed by atoms with van der Waals surface area (Å²) >= 11 is 0. The molecule has 0 unspecified atom stereocenters. The summed E-state index contributed by atoms with van der Waals surface area (Å²) in [6.45, 7) is 8.97. The maximum Gasteiger partial charge on any atom is 0.254 e. The van der Waals surface area contributed by atoms with Gasteiger partial charge in [-0.2, -0.15) is 0 Å². The summed E-state index contributed by atoms with van der Waals surface area (Å²) in [5.41, 5.74) is 3.72. The summed E-state index contributed by atoms with van der Waals surface area (Å²) in [6.07, 6.45) is 3.55. The van der Waals surface area contributed by atoms with Crippen LogP contribution in [0.4, 0.5) is 0 Å². The molecule has 2 heterocycles. The summed E-state index contributed by atoms with van der Waals surface area (Å²) in [4.78, 5) is 18.9. The number of rotatable bonds is 4. The third kappa shape index (κ3) is 5.58. The van der Waals surface area contributed by atoms with Crippen LogP contribution in [0.25, 0.3) is 0 Å². The average molecular weight is 412 g/mol. The first kappa shape index (κ1) is 23.2. The van der Waals surface area contributed by atoms with Gasteiger partial charge in [0.05, 0.1) is 0 Å². The Hall–Kier alpha value is -1.82. The molecule has 1 fully saturated rings. The van der Waals surface area contributed by atoms with E-state index in [0.29, 0.717) is 6.61 Å². The number of amides is 1. The second-order valence-corrected chi connectivity index (χ2v) is 6.64. The van der Waals surface area contributed by atoms with Gasteiger partial charge in [-0.1, -0.05) is 6.07 Å². The first-order valence-corrected chi connectivity index (χ1v) is 8.71. The van der Waals surface area contributed by atoms with Gasteiger partial charge in [-0.15, -0.1) is 24.8 Å². The molecule has 1 aromatic carbocycles. The van der Waals surface area contributed by atoms with E-state index >= 15 is 0 Å². The highest BCUT2D eigenvalue weighted by molar-refractivity contribution is 5.95. The molecule has 148 valence electrons. The van der Waals surface area contributed by atoms with Crippen molar-refractivity contribution in [2.45, 2.75) is 33.4 Å². The van der Waals surface area contributed by atoms with Crippen LogP contribution < -0.4 is 10.1 Å². The van der Waals surface area contributed by atoms with Crippen molar-refractivity contribution in [3.63, 3.8) is 0 Å². The SMILES string of the molecule is Cc1cc(C(=O)N2CCNC[C@H]2C)cc(C)c1OCc1cccnc1.Cl.Cl. The van der Waals surface area contributed by atoms with Gasteiger partial charge in [-0.3, -0.25) is 9.78 Å². The predicted octanol–water partition coefficient (Wildman–Crippen LogP) is 3.55. The fourth-order valence-corrected chi connectivity index (χ4v) is 3.25. The summed E-state index contributed by atoms with van der Waals surface area (Å²) < 4.78 is 5.98. The zero-order valence-corrected chi connectivity index (χ0v) is 17.5. The van der Waals surface area contributed by atoms with Crippen LogP contribution in [0.15, 0.2) is 36.7 Å². The lowest BCUT2D eigenvalue weighted by molar-refractivity contribution is 0.0655. The molecule has 27 heavy (non-hydrogen) atoms. The lowest BCUT2D eigenvalue weighted by Crippen LogP contribution is -2.52. The number of halogens is 2. The van der Waals surface area contributed by atoms with Crippen molar-refractivity contribution in [3.8, 4) is 5.75 Å². The molecule has 0 saturated carbocycles. The van der Waals surface area contributed by atoms with E-state index in [1.165, 1.54) is 0 Å². The van der Waals surface area contributed by atoms with Gasteiger partial charge in [0.25, 0.3) is 5.91 Å². The van der Waals surface area contributed by atoms with Crippen molar-refractivity contribution in [2.24, 2.45) is 0 Å². The lowest BCUT2D eigenvalue weighted by Gasteiger charge is -2.34. The number of benzene rings is 1. The molecule has 5 nitrogen and oxygen atoms in total. The molecule has 1 N–H and O–H groups in total. The number of hydrogen-bond acceptors (Lipinski definition) is 4. The number of ether oxygens (including phenoxy) is 1. The first-order chi connectivity index (χ1) is 12.1. The van der Waals surface area contributed by atoms with Gasteiger partial charge in [0, 0.05) is 49.2 Å². The van der Waals surface area contributed by atoms with E-state index in [9.17, 15) is 4.79 Å². The summed E-state index contributed by atoms with van der Waals surface area (Å²) in [6, 6.07) is 7.96. The van der Waals surface area contributed by atoms with Crippen molar-refractivity contribution in [2.75, 3.05) is 19.6 Å². The lowest BCUT2D eigenvalue weighted by atomic mass is 10.0. The van der Waals surface area contributed by atoms with Gasteiger partial charge in [0.2, 0.25) is 0 Å². The third-order valence-electron chi connectivity index (χ3n) is 4.58. The monoisotopic (exact) mass is 411 g/mol. The number of carbonyl (C=O) groups is 1. The fraction of sp³-hybridized carbons (Fsp3) is 0.400. The largest absolute Gasteiger partial charge is 0.488 e. The number of aromatic nitrogens is 1. The third-order valence-corrected chi connectivity index (χ3v) is 4.58. The van der Waals surface area contributed by atoms with Crippen LogP contribution in [-0.2, 0) is 6.61 Å². The van der Waals surface area contributed by atoms with E-state index < -0.39 is 0 Å². The molecule has 3 rings (SSSR count). The maximum atomic E-state index is 12.9. The van der Waals surface area contributed by atoms with Gasteiger partial charge < -0.3 is 15.0 Å². The smallest absolute Gasteiger partial charge is 0.254 e. The van der Waals surface area contributed by atoms with Gasteiger partial charge in [-0.05, 0) is 50.1 Å². The molecule has 0 radical (unpaired) electrons. The number of pyridine rings is 1. The van der Waals surface area contributed by atoms with E-state index in [1.54, 1.807) is 12.4 Å². The van der Waals surface area contributed by atoms with Crippen LogP contribution in [0, 0.1) is 13.8 Å². The number of hydrogen-bond donors (Lipinski definition) is 1. The Morgan fingerprint density at radius 1 is 1.30 bits per heavy atom. The van der Waals surface area contributed by atoms with Crippen LogP contribution in [0.3, 0.4) is 0 Å². The summed E-state index contributed by atoms with van der Waals surface area (Å²) in [5.74, 6) is 0.938. The molecule has 1 saturated heterocycles. The second-order valence-electron chi connectivity index (χ2n) is 6.64. The highest BCUT2D eigenvalue weighted by Gasteiger charge is 2.24. The number of piperazine rings is 1. The van der Waals surface area contributed by atoms with E-state index in [0.717, 1.165) is 47.6 Å². The highest BCUT2D eigenvalue weighted by Crippen LogP contribution is 2.26. The molecule has 0 bridgehead atoms. The maximum absolute atomic E-state index is 12.9. The molecule has 7 heteroatoms. The highest BCUT2D eigenvalue weighted by atomic mass is 35.5. The van der Waals surface area contributed by atoms with Crippen LogP contribution in [0.1, 0.15) is 34.0 Å². The topological polar surface area (TPSA) is 54.5 Å². The minimum absolute atomic E-state index is 0. The van der Waals surface area contributed by atoms with Crippen LogP contribution in [0.5, 0.6) is 5.75 Å². The Morgan fingerprint density at radius 3 is 2.59 bits per heavy atom. The molecule has 1 atom stereocenters. The van der Waals surface area contributed by atoms with Crippen LogP contribution >= 0.6 is 24.8 Å². The van der Waals surface area contributed by atoms with Gasteiger partial charge in [-0.25, -0.2) is 0 Å². The predicted molar refractivity (Wildman–Crippen MR) is 112 cm³/mol. The minimum atomic E-state index is 0. The van der Waals surface area contributed by atoms with Crippen molar-refractivity contribution >= 4 is 30.7 Å². The number of aryl methyl sites for hydroxylation is 2. The number of nitrogens with zero attached hydrogens (tertiary/aromatic N) is 2. The van der Waals surface area contributed by atoms with Crippen LogP contribution in [-0.4, -0.2) is 41.5 Å². The Labute approximate surface area is 173 Å². The van der Waals surface area contributed by atoms with Crippen molar-refractivity contribution in [1.82, 2.24) is 15.2 Å². The molecule has 0 aliphatic carbocycles. The quantitative estimate of drug-likeness (QED) is 0.835. The molecule has 1 aliphatic heterocycles. The van der Waals surface area contributed by atoms with Gasteiger partial charge in [0.1, 0.15) is 12.4 Å². The first-order valence-electron chi connectivity index (χ1n) is 8.71. The van der Waals surface area contributed by atoms with E-state index in [2.05, 4.69) is 17.2 Å². The molecule has 0 spiro atoms. The minimum Gasteiger partial charge on any atom is -0.488 e. The normalized spacial score (nSPS) is 16.1. The molecular formula is C20H27Cl2N3O2. The van der Waals surface area contributed by atoms with E-state index in [1.807, 2.05) is 43.0 Å². The zero-order chi connectivity index (χ0) is 17.8. The number of carbonyl (C=O) groups excluding carboxylic acids is 1. The van der Waals surface area contributed by atoms with Crippen LogP contribution in [0.2, 0.25) is 0 Å². The Morgan fingerprint density at radius 2 is 2.00 bits per heavy atom. The van der Waals surface area contributed by atoms with Crippen molar-refractivity contribution in [3.05, 3.63) is 58.9 Å². The summed E-state index contributed by atoms with van der Waals surface area (Å²) in [7, 11) is 0. The van der Waals surface area contributed by atoms with Crippen molar-refractivity contribution in [1.29, 1.82) is 0 Å². The zero-order valence-electron chi connectivity index (χ0n) is 15.9. The molecule has 1 aliphatic rings. The summed E-state index contributed by atoms with van der Waals surface area (Å²) in [5, 5.41) is 3.32. The van der Waals surface area contributed by atoms with E-state index in [-0.39, 0.29) is 36.8 Å². The average Bonchev–Trinajstić information content (AvgIpc) is 2.61. The molecular weight excluding hydrogens is 385 g/mol. The van der Waals surface area contributed by atoms with Gasteiger partial charge in [0.15, 0.2) is 0 Å². The molecule has 1 aromatic heterocycles. The van der Waals surface area contributed by atoms with E-state index in [4.69, 9.17) is 4.74 Å². The van der Waals surface area contributed by atoms with Gasteiger partial charge >= 0.3 is 0 Å². The molecule has 1 amide bonds. The molecule has 2 aromatic rings. The van der Waals surface area contributed by atoms with Crippen molar-refractivity contribution < 1.29 is 9.53 Å². The number of nitrogens with one attached hydrogen (secondary N) is 1. The second kappa shape index (κ2) is 10.5.